The molecule has 4 aromatic rings. The predicted octanol–water partition coefficient (Wildman–Crippen LogP) is 3.91. The highest BCUT2D eigenvalue weighted by molar-refractivity contribution is 6.04. The maximum absolute atomic E-state index is 12.8. The lowest BCUT2D eigenvalue weighted by atomic mass is 10.2. The average molecular weight is 530 g/mol. The first-order chi connectivity index (χ1) is 18.3. The van der Waals surface area contributed by atoms with Gasteiger partial charge in [-0.05, 0) is 31.2 Å². The van der Waals surface area contributed by atoms with E-state index in [0.717, 1.165) is 0 Å². The second-order valence-electron chi connectivity index (χ2n) is 8.08. The SMILES string of the molecule is COc1cc2nccc(Oc3ccc(NC(=O)c4nn(CC(C)O)cc4OCC(F)F)nc3)c2cc1OC. The molecule has 2 N–H and O–H groups in total. The molecular formula is C25H25F2N5O6. The summed E-state index contributed by atoms with van der Waals surface area (Å²) in [6.07, 6.45) is 0.765. The number of halogens is 2. The number of ether oxygens (including phenoxy) is 4. The summed E-state index contributed by atoms with van der Waals surface area (Å²) in [6, 6.07) is 8.28. The number of anilines is 1. The Morgan fingerprint density at radius 1 is 1.08 bits per heavy atom. The summed E-state index contributed by atoms with van der Waals surface area (Å²) >= 11 is 0. The summed E-state index contributed by atoms with van der Waals surface area (Å²) in [7, 11) is 3.07. The number of hydrogen-bond acceptors (Lipinski definition) is 9. The quantitative estimate of drug-likeness (QED) is 0.297. The number of aliphatic hydroxyl groups is 1. The van der Waals surface area contributed by atoms with E-state index >= 15 is 0 Å². The standard InChI is InChI=1S/C25H25F2N5O6/c1-14(33)11-32-12-21(37-13-22(26)27)24(31-32)25(34)30-23-5-4-15(10-29-23)38-18-6-7-28-17-9-20(36-3)19(35-2)8-16(17)18/h4-10,12,14,22,33H,11,13H2,1-3H3,(H,29,30,34). The summed E-state index contributed by atoms with van der Waals surface area (Å²) in [4.78, 5) is 21.3. The molecule has 0 spiro atoms. The van der Waals surface area contributed by atoms with Gasteiger partial charge in [0.1, 0.15) is 23.9 Å². The number of alkyl halides is 2. The molecule has 0 aliphatic heterocycles. The number of fused-ring (bicyclic) bond motifs is 1. The Balaban J connectivity index is 1.50. The van der Waals surface area contributed by atoms with E-state index in [-0.39, 0.29) is 23.8 Å². The minimum absolute atomic E-state index is 0.0466. The first-order valence-corrected chi connectivity index (χ1v) is 11.4. The molecule has 200 valence electrons. The Morgan fingerprint density at radius 2 is 1.84 bits per heavy atom. The molecule has 0 radical (unpaired) electrons. The van der Waals surface area contributed by atoms with Gasteiger partial charge in [-0.3, -0.25) is 14.5 Å². The molecule has 0 aliphatic rings. The van der Waals surface area contributed by atoms with Crippen LogP contribution in [0.15, 0.2) is 48.9 Å². The molecule has 11 nitrogen and oxygen atoms in total. The van der Waals surface area contributed by atoms with Crippen LogP contribution < -0.4 is 24.3 Å². The third-order valence-corrected chi connectivity index (χ3v) is 5.17. The first-order valence-electron chi connectivity index (χ1n) is 11.4. The third-order valence-electron chi connectivity index (χ3n) is 5.17. The van der Waals surface area contributed by atoms with Gasteiger partial charge in [-0.15, -0.1) is 0 Å². The van der Waals surface area contributed by atoms with Gasteiger partial charge in [0, 0.05) is 17.6 Å². The van der Waals surface area contributed by atoms with Gasteiger partial charge in [0.05, 0.1) is 44.8 Å². The van der Waals surface area contributed by atoms with Crippen LogP contribution in [0.2, 0.25) is 0 Å². The number of carbonyl (C=O) groups is 1. The van der Waals surface area contributed by atoms with Crippen molar-refractivity contribution < 1.29 is 37.6 Å². The van der Waals surface area contributed by atoms with Crippen LogP contribution in [-0.2, 0) is 6.54 Å². The zero-order valence-electron chi connectivity index (χ0n) is 20.7. The van der Waals surface area contributed by atoms with E-state index in [2.05, 4.69) is 20.4 Å². The number of nitrogens with one attached hydrogen (secondary N) is 1. The molecule has 0 fully saturated rings. The molecule has 1 amide bonds. The molecule has 0 bridgehead atoms. The number of rotatable bonds is 11. The average Bonchev–Trinajstić information content (AvgIpc) is 3.30. The van der Waals surface area contributed by atoms with Crippen LogP contribution in [0, 0.1) is 0 Å². The van der Waals surface area contributed by atoms with Crippen LogP contribution in [0.4, 0.5) is 14.6 Å². The molecule has 3 aromatic heterocycles. The van der Waals surface area contributed by atoms with Crippen molar-refractivity contribution in [2.24, 2.45) is 0 Å². The molecule has 13 heteroatoms. The maximum Gasteiger partial charge on any atom is 0.281 e. The molecule has 38 heavy (non-hydrogen) atoms. The van der Waals surface area contributed by atoms with E-state index in [1.54, 1.807) is 30.5 Å². The van der Waals surface area contributed by atoms with Gasteiger partial charge in [-0.1, -0.05) is 0 Å². The highest BCUT2D eigenvalue weighted by Crippen LogP contribution is 2.36. The number of carbonyl (C=O) groups excluding carboxylic acids is 1. The number of methoxy groups -OCH3 is 2. The summed E-state index contributed by atoms with van der Waals surface area (Å²) in [6.45, 7) is 0.662. The smallest absolute Gasteiger partial charge is 0.281 e. The molecule has 0 saturated heterocycles. The highest BCUT2D eigenvalue weighted by atomic mass is 19.3. The second-order valence-corrected chi connectivity index (χ2v) is 8.08. The predicted molar refractivity (Wildman–Crippen MR) is 133 cm³/mol. The monoisotopic (exact) mass is 529 g/mol. The Kier molecular flexibility index (Phi) is 8.16. The summed E-state index contributed by atoms with van der Waals surface area (Å²) in [5, 5.41) is 16.9. The van der Waals surface area contributed by atoms with Crippen molar-refractivity contribution in [1.82, 2.24) is 19.7 Å². The summed E-state index contributed by atoms with van der Waals surface area (Å²) in [5.41, 5.74) is 0.415. The molecule has 0 aliphatic carbocycles. The van der Waals surface area contributed by atoms with Gasteiger partial charge in [0.2, 0.25) is 0 Å². The molecule has 1 unspecified atom stereocenters. The molecule has 0 saturated carbocycles. The Hall–Kier alpha value is -4.52. The minimum Gasteiger partial charge on any atom is -0.493 e. The van der Waals surface area contributed by atoms with E-state index < -0.39 is 25.0 Å². The van der Waals surface area contributed by atoms with E-state index in [1.807, 2.05) is 0 Å². The number of pyridine rings is 2. The van der Waals surface area contributed by atoms with Crippen LogP contribution >= 0.6 is 0 Å². The largest absolute Gasteiger partial charge is 0.493 e. The van der Waals surface area contributed by atoms with Crippen molar-refractivity contribution in [2.75, 3.05) is 26.1 Å². The number of hydrogen-bond donors (Lipinski definition) is 2. The van der Waals surface area contributed by atoms with Gasteiger partial charge < -0.3 is 29.4 Å². The topological polar surface area (TPSA) is 130 Å². The van der Waals surface area contributed by atoms with E-state index in [0.29, 0.717) is 33.9 Å². The number of nitrogens with zero attached hydrogens (tertiary/aromatic N) is 4. The van der Waals surface area contributed by atoms with Crippen molar-refractivity contribution in [1.29, 1.82) is 0 Å². The van der Waals surface area contributed by atoms with Gasteiger partial charge in [0.25, 0.3) is 12.3 Å². The fraction of sp³-hybridized carbons (Fsp3) is 0.280. The van der Waals surface area contributed by atoms with Gasteiger partial charge >= 0.3 is 0 Å². The van der Waals surface area contributed by atoms with Crippen molar-refractivity contribution in [3.63, 3.8) is 0 Å². The molecule has 4 rings (SSSR count). The normalized spacial score (nSPS) is 11.9. The van der Waals surface area contributed by atoms with Gasteiger partial charge in [-0.25, -0.2) is 13.8 Å². The van der Waals surface area contributed by atoms with Crippen LogP contribution in [0.25, 0.3) is 10.9 Å². The number of aliphatic hydroxyl groups excluding tert-OH is 1. The van der Waals surface area contributed by atoms with Crippen LogP contribution in [0.3, 0.4) is 0 Å². The molecule has 1 atom stereocenters. The van der Waals surface area contributed by atoms with Crippen molar-refractivity contribution in [3.05, 3.63) is 54.6 Å². The Morgan fingerprint density at radius 3 is 2.50 bits per heavy atom. The lowest BCUT2D eigenvalue weighted by Gasteiger charge is -2.12. The van der Waals surface area contributed by atoms with Crippen molar-refractivity contribution in [3.8, 4) is 28.7 Å². The third kappa shape index (κ3) is 6.24. The Labute approximate surface area is 215 Å². The second kappa shape index (κ2) is 11.7. The molecule has 3 heterocycles. The molecule has 1 aromatic carbocycles. The first kappa shape index (κ1) is 26.5. The summed E-state index contributed by atoms with van der Waals surface area (Å²) in [5.74, 6) is 1.23. The van der Waals surface area contributed by atoms with E-state index in [9.17, 15) is 18.7 Å². The van der Waals surface area contributed by atoms with Crippen molar-refractivity contribution in [2.45, 2.75) is 26.0 Å². The zero-order valence-corrected chi connectivity index (χ0v) is 20.7. The fourth-order valence-electron chi connectivity index (χ4n) is 3.54. The van der Waals surface area contributed by atoms with Crippen LogP contribution in [0.5, 0.6) is 28.7 Å². The van der Waals surface area contributed by atoms with Gasteiger partial charge in [-0.2, -0.15) is 5.10 Å². The summed E-state index contributed by atoms with van der Waals surface area (Å²) < 4.78 is 48.2. The van der Waals surface area contributed by atoms with Crippen LogP contribution in [0.1, 0.15) is 17.4 Å². The fourth-order valence-corrected chi connectivity index (χ4v) is 3.54. The number of amides is 1. The Bertz CT molecular complexity index is 1410. The van der Waals surface area contributed by atoms with E-state index in [4.69, 9.17) is 18.9 Å². The number of aromatic nitrogens is 4. The zero-order chi connectivity index (χ0) is 27.2. The van der Waals surface area contributed by atoms with Gasteiger partial charge in [0.15, 0.2) is 22.9 Å². The number of benzene rings is 1. The lowest BCUT2D eigenvalue weighted by Crippen LogP contribution is -2.17. The highest BCUT2D eigenvalue weighted by Gasteiger charge is 2.21. The van der Waals surface area contributed by atoms with E-state index in [1.165, 1.54) is 44.3 Å². The molecular weight excluding hydrogens is 504 g/mol. The van der Waals surface area contributed by atoms with Crippen molar-refractivity contribution >= 4 is 22.6 Å². The van der Waals surface area contributed by atoms with Crippen LogP contribution in [-0.4, -0.2) is 64.1 Å². The minimum atomic E-state index is -2.74. The lowest BCUT2D eigenvalue weighted by molar-refractivity contribution is 0.0802. The maximum atomic E-state index is 12.8.